The molecule has 0 bridgehead atoms. The van der Waals surface area contributed by atoms with E-state index in [1.54, 1.807) is 0 Å². The molecule has 2 N–H and O–H groups in total. The topological polar surface area (TPSA) is 54.2 Å². The number of nitrogens with one attached hydrogen (secondary N) is 2. The molecule has 0 radical (unpaired) electrons. The first-order valence-electron chi connectivity index (χ1n) is 9.11. The zero-order valence-electron chi connectivity index (χ0n) is 16.4. The molecule has 0 aliphatic heterocycles. The number of hydrogen-bond donors (Lipinski definition) is 2. The van der Waals surface area contributed by atoms with Crippen LogP contribution in [0.3, 0.4) is 0 Å². The van der Waals surface area contributed by atoms with Gasteiger partial charge in [-0.2, -0.15) is 5.10 Å². The fraction of sp³-hybridized carbons (Fsp3) is 0.500. The maximum atomic E-state index is 4.50. The zero-order chi connectivity index (χ0) is 19.1. The highest BCUT2D eigenvalue weighted by Gasteiger charge is 2.13. The van der Waals surface area contributed by atoms with Crippen molar-refractivity contribution in [2.75, 3.05) is 13.6 Å². The van der Waals surface area contributed by atoms with E-state index in [1.807, 2.05) is 18.8 Å². The van der Waals surface area contributed by atoms with Gasteiger partial charge >= 0.3 is 0 Å². The summed E-state index contributed by atoms with van der Waals surface area (Å²) in [6.07, 6.45) is 3.05. The highest BCUT2D eigenvalue weighted by Crippen LogP contribution is 2.14. The molecular weight excluding hydrogens is 390 g/mol. The lowest BCUT2D eigenvalue weighted by molar-refractivity contribution is 0.631. The quantitative estimate of drug-likeness (QED) is 0.409. The minimum absolute atomic E-state index is 0.285. The van der Waals surface area contributed by atoms with Crippen molar-refractivity contribution in [1.29, 1.82) is 0 Å². The lowest BCUT2D eigenvalue weighted by atomic mass is 10.1. The highest BCUT2D eigenvalue weighted by molar-refractivity contribution is 9.10. The van der Waals surface area contributed by atoms with E-state index in [0.717, 1.165) is 41.9 Å². The number of guanidine groups is 1. The van der Waals surface area contributed by atoms with Crippen LogP contribution in [0.2, 0.25) is 0 Å². The molecule has 0 saturated heterocycles. The van der Waals surface area contributed by atoms with Gasteiger partial charge in [0.2, 0.25) is 0 Å². The molecule has 1 heterocycles. The van der Waals surface area contributed by atoms with Crippen LogP contribution in [0, 0.1) is 13.8 Å². The highest BCUT2D eigenvalue weighted by atomic mass is 79.9. The predicted molar refractivity (Wildman–Crippen MR) is 113 cm³/mol. The lowest BCUT2D eigenvalue weighted by Gasteiger charge is -2.18. The molecule has 2 rings (SSSR count). The molecule has 0 spiro atoms. The van der Waals surface area contributed by atoms with Crippen LogP contribution in [0.4, 0.5) is 0 Å². The molecule has 6 heteroatoms. The largest absolute Gasteiger partial charge is 0.356 e. The average molecular weight is 420 g/mol. The maximum Gasteiger partial charge on any atom is 0.191 e. The van der Waals surface area contributed by atoms with Gasteiger partial charge in [0.05, 0.1) is 5.69 Å². The van der Waals surface area contributed by atoms with E-state index in [1.165, 1.54) is 16.8 Å². The summed E-state index contributed by atoms with van der Waals surface area (Å²) in [4.78, 5) is 4.34. The number of aromatic nitrogens is 2. The fourth-order valence-electron chi connectivity index (χ4n) is 3.09. The Labute approximate surface area is 165 Å². The van der Waals surface area contributed by atoms with E-state index in [4.69, 9.17) is 0 Å². The molecule has 2 aromatic rings. The van der Waals surface area contributed by atoms with Crippen molar-refractivity contribution in [2.45, 2.75) is 46.1 Å². The van der Waals surface area contributed by atoms with Crippen molar-refractivity contribution < 1.29 is 0 Å². The molecule has 0 aliphatic carbocycles. The van der Waals surface area contributed by atoms with Crippen LogP contribution in [0.15, 0.2) is 33.7 Å². The molecule has 1 aromatic heterocycles. The smallest absolute Gasteiger partial charge is 0.191 e. The number of nitrogens with zero attached hydrogens (tertiary/aromatic N) is 3. The molecule has 0 saturated carbocycles. The third-order valence-electron chi connectivity index (χ3n) is 4.60. The number of aryl methyl sites for hydroxylation is 3. The summed E-state index contributed by atoms with van der Waals surface area (Å²) in [6.45, 7) is 7.27. The first kappa shape index (κ1) is 20.5. The monoisotopic (exact) mass is 419 g/mol. The molecule has 1 atom stereocenters. The third kappa shape index (κ3) is 5.87. The third-order valence-corrected chi connectivity index (χ3v) is 5.09. The van der Waals surface area contributed by atoms with Crippen LogP contribution in [-0.2, 0) is 19.9 Å². The second kappa shape index (κ2) is 9.76. The first-order valence-corrected chi connectivity index (χ1v) is 9.90. The van der Waals surface area contributed by atoms with E-state index in [9.17, 15) is 0 Å². The van der Waals surface area contributed by atoms with Crippen molar-refractivity contribution >= 4 is 21.9 Å². The van der Waals surface area contributed by atoms with Crippen molar-refractivity contribution in [1.82, 2.24) is 20.4 Å². The zero-order valence-corrected chi connectivity index (χ0v) is 18.0. The Kier molecular flexibility index (Phi) is 7.69. The molecule has 5 nitrogen and oxygen atoms in total. The van der Waals surface area contributed by atoms with Gasteiger partial charge in [0.1, 0.15) is 0 Å². The molecule has 142 valence electrons. The van der Waals surface area contributed by atoms with E-state index < -0.39 is 0 Å². The molecule has 0 aliphatic rings. The van der Waals surface area contributed by atoms with Crippen LogP contribution >= 0.6 is 15.9 Å². The van der Waals surface area contributed by atoms with E-state index in [0.29, 0.717) is 0 Å². The second-order valence-electron chi connectivity index (χ2n) is 6.75. The van der Waals surface area contributed by atoms with Crippen molar-refractivity contribution in [3.8, 4) is 0 Å². The second-order valence-corrected chi connectivity index (χ2v) is 7.67. The van der Waals surface area contributed by atoms with Gasteiger partial charge in [0, 0.05) is 36.8 Å². The molecule has 1 unspecified atom stereocenters. The first-order chi connectivity index (χ1) is 12.4. The van der Waals surface area contributed by atoms with Gasteiger partial charge in [0.25, 0.3) is 0 Å². The Bertz CT molecular complexity index is 751. The number of hydrogen-bond acceptors (Lipinski definition) is 2. The number of halogens is 1. The average Bonchev–Trinajstić information content (AvgIpc) is 2.84. The van der Waals surface area contributed by atoms with E-state index in [2.05, 4.69) is 81.7 Å². The Balaban J connectivity index is 1.78. The Morgan fingerprint density at radius 2 is 2.12 bits per heavy atom. The summed E-state index contributed by atoms with van der Waals surface area (Å²) in [5, 5.41) is 11.4. The van der Waals surface area contributed by atoms with Gasteiger partial charge in [-0.1, -0.05) is 28.1 Å². The van der Waals surface area contributed by atoms with Gasteiger partial charge in [-0.15, -0.1) is 0 Å². The lowest BCUT2D eigenvalue weighted by Crippen LogP contribution is -2.43. The van der Waals surface area contributed by atoms with Crippen LogP contribution < -0.4 is 10.6 Å². The number of benzene rings is 1. The molecule has 0 fully saturated rings. The number of rotatable bonds is 7. The molecule has 0 amide bonds. The maximum absolute atomic E-state index is 4.50. The normalized spacial score (nSPS) is 12.9. The van der Waals surface area contributed by atoms with Gasteiger partial charge in [-0.25, -0.2) is 0 Å². The summed E-state index contributed by atoms with van der Waals surface area (Å²) in [7, 11) is 3.81. The summed E-state index contributed by atoms with van der Waals surface area (Å²) >= 11 is 3.52. The van der Waals surface area contributed by atoms with Crippen LogP contribution in [-0.4, -0.2) is 35.4 Å². The molecule has 26 heavy (non-hydrogen) atoms. The fourth-order valence-corrected chi connectivity index (χ4v) is 3.54. The SMILES string of the molecule is CN=C(NCCCc1cccc(Br)c1)NC(C)Cc1c(C)nn(C)c1C. The number of aliphatic imine (C=N–C) groups is 1. The molecular formula is C20H30BrN5. The standard InChI is InChI=1S/C20H30BrN5/c1-14(12-19-15(2)25-26(5)16(19)3)24-20(22-4)23-11-7-9-17-8-6-10-18(21)13-17/h6,8,10,13-14H,7,9,11-12H2,1-5H3,(H2,22,23,24). The minimum atomic E-state index is 0.285. The summed E-state index contributed by atoms with van der Waals surface area (Å²) < 4.78 is 3.09. The Hall–Kier alpha value is -1.82. The van der Waals surface area contributed by atoms with Crippen molar-refractivity contribution in [3.05, 3.63) is 51.3 Å². The van der Waals surface area contributed by atoms with Crippen molar-refractivity contribution in [3.63, 3.8) is 0 Å². The van der Waals surface area contributed by atoms with Crippen LogP contribution in [0.5, 0.6) is 0 Å². The molecule has 1 aromatic carbocycles. The minimum Gasteiger partial charge on any atom is -0.356 e. The Morgan fingerprint density at radius 3 is 2.73 bits per heavy atom. The Morgan fingerprint density at radius 1 is 1.35 bits per heavy atom. The van der Waals surface area contributed by atoms with E-state index >= 15 is 0 Å². The van der Waals surface area contributed by atoms with Crippen LogP contribution in [0.25, 0.3) is 0 Å². The predicted octanol–water partition coefficient (Wildman–Crippen LogP) is 3.53. The summed E-state index contributed by atoms with van der Waals surface area (Å²) in [5.74, 6) is 0.853. The summed E-state index contributed by atoms with van der Waals surface area (Å²) in [6, 6.07) is 8.76. The van der Waals surface area contributed by atoms with Crippen molar-refractivity contribution in [2.24, 2.45) is 12.0 Å². The van der Waals surface area contributed by atoms with Gasteiger partial charge in [-0.05, 0) is 63.3 Å². The van der Waals surface area contributed by atoms with Gasteiger partial charge in [-0.3, -0.25) is 9.67 Å². The van der Waals surface area contributed by atoms with E-state index in [-0.39, 0.29) is 6.04 Å². The van der Waals surface area contributed by atoms with Gasteiger partial charge in [0.15, 0.2) is 5.96 Å². The summed E-state index contributed by atoms with van der Waals surface area (Å²) in [5.41, 5.74) is 5.00. The van der Waals surface area contributed by atoms with Gasteiger partial charge < -0.3 is 10.6 Å². The van der Waals surface area contributed by atoms with Crippen LogP contribution in [0.1, 0.15) is 35.9 Å².